The number of carbonyl (C=O) groups is 1. The number of nitrogens with zero attached hydrogens (tertiary/aromatic N) is 2. The molecule has 1 rings (SSSR count). The fraction of sp³-hybridized carbons (Fsp3) is 0.600. The molecule has 1 unspecified atom stereocenters. The molecule has 0 aliphatic rings. The number of aliphatic hydroxyl groups is 1. The van der Waals surface area contributed by atoms with Gasteiger partial charge in [-0.05, 0) is 6.92 Å². The standard InChI is InChI=1S/C10H15F2N3O2S/c1-6(13)9-14-7(5-18-9)10(17)15(2-3-16)4-8(11)12/h5-6,8,16H,2-4,13H2,1H3. The van der Waals surface area contributed by atoms with Crippen LogP contribution in [0.2, 0.25) is 0 Å². The van der Waals surface area contributed by atoms with Crippen LogP contribution in [0.15, 0.2) is 5.38 Å². The molecular weight excluding hydrogens is 264 g/mol. The minimum Gasteiger partial charge on any atom is -0.395 e. The van der Waals surface area contributed by atoms with E-state index in [-0.39, 0.29) is 24.9 Å². The van der Waals surface area contributed by atoms with Crippen LogP contribution in [-0.4, -0.2) is 47.0 Å². The van der Waals surface area contributed by atoms with Gasteiger partial charge in [0.2, 0.25) is 0 Å². The maximum atomic E-state index is 12.3. The molecule has 3 N–H and O–H groups in total. The molecule has 0 fully saturated rings. The summed E-state index contributed by atoms with van der Waals surface area (Å²) >= 11 is 1.21. The van der Waals surface area contributed by atoms with Crippen molar-refractivity contribution in [3.05, 3.63) is 16.1 Å². The van der Waals surface area contributed by atoms with Gasteiger partial charge in [0.1, 0.15) is 10.7 Å². The Labute approximate surface area is 107 Å². The van der Waals surface area contributed by atoms with E-state index >= 15 is 0 Å². The molecule has 0 bridgehead atoms. The second-order valence-corrected chi connectivity index (χ2v) is 4.62. The van der Waals surface area contributed by atoms with Gasteiger partial charge in [-0.25, -0.2) is 13.8 Å². The molecule has 0 aliphatic carbocycles. The van der Waals surface area contributed by atoms with Gasteiger partial charge >= 0.3 is 0 Å². The molecule has 5 nitrogen and oxygen atoms in total. The number of halogens is 2. The maximum absolute atomic E-state index is 12.3. The summed E-state index contributed by atoms with van der Waals surface area (Å²) in [6, 6.07) is -0.307. The number of rotatable bonds is 6. The fourth-order valence-electron chi connectivity index (χ4n) is 1.32. The normalized spacial score (nSPS) is 12.8. The van der Waals surface area contributed by atoms with Crippen LogP contribution in [0.3, 0.4) is 0 Å². The van der Waals surface area contributed by atoms with E-state index in [0.29, 0.717) is 5.01 Å². The van der Waals surface area contributed by atoms with Crippen molar-refractivity contribution in [3.63, 3.8) is 0 Å². The molecule has 0 aliphatic heterocycles. The molecule has 8 heteroatoms. The van der Waals surface area contributed by atoms with E-state index in [9.17, 15) is 13.6 Å². The molecule has 1 atom stereocenters. The molecule has 1 aromatic rings. The maximum Gasteiger partial charge on any atom is 0.273 e. The average Bonchev–Trinajstić information content (AvgIpc) is 2.76. The molecule has 0 radical (unpaired) electrons. The molecule has 102 valence electrons. The average molecular weight is 279 g/mol. The largest absolute Gasteiger partial charge is 0.395 e. The van der Waals surface area contributed by atoms with E-state index in [2.05, 4.69) is 4.98 Å². The van der Waals surface area contributed by atoms with Crippen LogP contribution >= 0.6 is 11.3 Å². The van der Waals surface area contributed by atoms with Crippen molar-refractivity contribution in [2.24, 2.45) is 5.73 Å². The van der Waals surface area contributed by atoms with E-state index in [0.717, 1.165) is 4.90 Å². The molecule has 0 aromatic carbocycles. The summed E-state index contributed by atoms with van der Waals surface area (Å²) in [4.78, 5) is 16.8. The third-order valence-corrected chi connectivity index (χ3v) is 3.19. The molecule has 18 heavy (non-hydrogen) atoms. The van der Waals surface area contributed by atoms with Crippen LogP contribution < -0.4 is 5.73 Å². The summed E-state index contributed by atoms with van der Waals surface area (Å²) in [5, 5.41) is 10.8. The van der Waals surface area contributed by atoms with E-state index in [1.54, 1.807) is 6.92 Å². The highest BCUT2D eigenvalue weighted by molar-refractivity contribution is 7.09. The van der Waals surface area contributed by atoms with Gasteiger partial charge in [0.15, 0.2) is 0 Å². The smallest absolute Gasteiger partial charge is 0.273 e. The van der Waals surface area contributed by atoms with E-state index in [1.165, 1.54) is 16.7 Å². The summed E-state index contributed by atoms with van der Waals surface area (Å²) in [6.45, 7) is 0.485. The SMILES string of the molecule is CC(N)c1nc(C(=O)N(CCO)CC(F)F)cs1. The zero-order chi connectivity index (χ0) is 13.7. The summed E-state index contributed by atoms with van der Waals surface area (Å²) in [7, 11) is 0. The number of nitrogens with two attached hydrogens (primary N) is 1. The Morgan fingerprint density at radius 1 is 1.67 bits per heavy atom. The lowest BCUT2D eigenvalue weighted by molar-refractivity contribution is 0.0505. The Kier molecular flexibility index (Phi) is 5.57. The Balaban J connectivity index is 2.80. The molecule has 0 saturated carbocycles. The monoisotopic (exact) mass is 279 g/mol. The third kappa shape index (κ3) is 3.97. The highest BCUT2D eigenvalue weighted by Crippen LogP contribution is 2.17. The van der Waals surface area contributed by atoms with Gasteiger partial charge < -0.3 is 15.7 Å². The highest BCUT2D eigenvalue weighted by atomic mass is 32.1. The lowest BCUT2D eigenvalue weighted by Gasteiger charge is -2.20. The van der Waals surface area contributed by atoms with E-state index in [4.69, 9.17) is 10.8 Å². The Morgan fingerprint density at radius 3 is 2.78 bits per heavy atom. The Hall–Kier alpha value is -1.12. The summed E-state index contributed by atoms with van der Waals surface area (Å²) in [5.41, 5.74) is 5.69. The quantitative estimate of drug-likeness (QED) is 0.809. The Bertz CT molecular complexity index is 398. The lowest BCUT2D eigenvalue weighted by atomic mass is 10.3. The van der Waals surface area contributed by atoms with Gasteiger partial charge in [-0.2, -0.15) is 0 Å². The minimum absolute atomic E-state index is 0.0846. The number of aliphatic hydroxyl groups excluding tert-OH is 1. The first-order chi connectivity index (χ1) is 8.45. The lowest BCUT2D eigenvalue weighted by Crippen LogP contribution is -2.37. The number of thiazole rings is 1. The molecular formula is C10H15F2N3O2S. The summed E-state index contributed by atoms with van der Waals surface area (Å²) in [5.74, 6) is -0.618. The van der Waals surface area contributed by atoms with Crippen LogP contribution in [0.4, 0.5) is 8.78 Å². The molecule has 1 aromatic heterocycles. The number of amides is 1. The zero-order valence-electron chi connectivity index (χ0n) is 9.84. The first-order valence-electron chi connectivity index (χ1n) is 5.35. The molecule has 1 heterocycles. The highest BCUT2D eigenvalue weighted by Gasteiger charge is 2.22. The van der Waals surface area contributed by atoms with Crippen molar-refractivity contribution < 1.29 is 18.7 Å². The van der Waals surface area contributed by atoms with Gasteiger partial charge in [0.25, 0.3) is 12.3 Å². The van der Waals surface area contributed by atoms with Crippen molar-refractivity contribution in [1.29, 1.82) is 0 Å². The minimum atomic E-state index is -2.65. The zero-order valence-corrected chi connectivity index (χ0v) is 10.7. The number of hydrogen-bond acceptors (Lipinski definition) is 5. The molecule has 1 amide bonds. The second kappa shape index (κ2) is 6.72. The number of aromatic nitrogens is 1. The van der Waals surface area contributed by atoms with Crippen molar-refractivity contribution in [1.82, 2.24) is 9.88 Å². The van der Waals surface area contributed by atoms with Crippen molar-refractivity contribution >= 4 is 17.2 Å². The molecule has 0 saturated heterocycles. The number of hydrogen-bond donors (Lipinski definition) is 2. The number of alkyl halides is 2. The van der Waals surface area contributed by atoms with Crippen LogP contribution in [0.1, 0.15) is 28.5 Å². The van der Waals surface area contributed by atoms with Gasteiger partial charge in [0, 0.05) is 11.9 Å². The van der Waals surface area contributed by atoms with Crippen LogP contribution in [0.5, 0.6) is 0 Å². The predicted octanol–water partition coefficient (Wildman–Crippen LogP) is 0.862. The predicted molar refractivity (Wildman–Crippen MR) is 63.7 cm³/mol. The fourth-order valence-corrected chi connectivity index (χ4v) is 2.07. The topological polar surface area (TPSA) is 79.5 Å². The van der Waals surface area contributed by atoms with E-state index < -0.39 is 18.9 Å². The summed E-state index contributed by atoms with van der Waals surface area (Å²) in [6.07, 6.45) is -2.65. The first-order valence-corrected chi connectivity index (χ1v) is 6.23. The van der Waals surface area contributed by atoms with Gasteiger partial charge in [-0.3, -0.25) is 4.79 Å². The van der Waals surface area contributed by atoms with Crippen LogP contribution in [0, 0.1) is 0 Å². The van der Waals surface area contributed by atoms with Crippen molar-refractivity contribution in [2.75, 3.05) is 19.7 Å². The number of carbonyl (C=O) groups excluding carboxylic acids is 1. The first kappa shape index (κ1) is 14.9. The Morgan fingerprint density at radius 2 is 2.33 bits per heavy atom. The van der Waals surface area contributed by atoms with E-state index in [1.807, 2.05) is 0 Å². The van der Waals surface area contributed by atoms with Gasteiger partial charge in [-0.1, -0.05) is 0 Å². The van der Waals surface area contributed by atoms with Gasteiger partial charge in [-0.15, -0.1) is 11.3 Å². The van der Waals surface area contributed by atoms with Gasteiger partial charge in [0.05, 0.1) is 19.2 Å². The van der Waals surface area contributed by atoms with Crippen LogP contribution in [0.25, 0.3) is 0 Å². The van der Waals surface area contributed by atoms with Crippen LogP contribution in [-0.2, 0) is 0 Å². The summed E-state index contributed by atoms with van der Waals surface area (Å²) < 4.78 is 24.6. The molecule has 0 spiro atoms. The van der Waals surface area contributed by atoms with Crippen molar-refractivity contribution in [3.8, 4) is 0 Å². The second-order valence-electron chi connectivity index (χ2n) is 3.73. The third-order valence-electron chi connectivity index (χ3n) is 2.15. The van der Waals surface area contributed by atoms with Crippen molar-refractivity contribution in [2.45, 2.75) is 19.4 Å².